The van der Waals surface area contributed by atoms with Gasteiger partial charge in [0.2, 0.25) is 5.91 Å². The number of rotatable bonds is 9. The van der Waals surface area contributed by atoms with Crippen LogP contribution in [0.25, 0.3) is 0 Å². The minimum absolute atomic E-state index is 0.0400. The van der Waals surface area contributed by atoms with Crippen LogP contribution in [0.2, 0.25) is 0 Å². The smallest absolute Gasteiger partial charge is 0.305 e. The summed E-state index contributed by atoms with van der Waals surface area (Å²) < 4.78 is 4.55. The lowest BCUT2D eigenvalue weighted by molar-refractivity contribution is -0.140. The topological polar surface area (TPSA) is 72.5 Å². The van der Waals surface area contributed by atoms with Crippen molar-refractivity contribution in [2.45, 2.75) is 38.5 Å². The Balaban J connectivity index is 2.13. The molecule has 0 aliphatic heterocycles. The number of amides is 1. The Kier molecular flexibility index (Phi) is 7.79. The number of aldehydes is 1. The number of esters is 1. The molecular weight excluding hydrogens is 270 g/mol. The highest BCUT2D eigenvalue weighted by molar-refractivity contribution is 5.91. The van der Waals surface area contributed by atoms with Gasteiger partial charge in [-0.25, -0.2) is 0 Å². The molecule has 0 radical (unpaired) electrons. The highest BCUT2D eigenvalue weighted by atomic mass is 16.5. The minimum Gasteiger partial charge on any atom is -0.469 e. The first-order valence-corrected chi connectivity index (χ1v) is 7.07. The summed E-state index contributed by atoms with van der Waals surface area (Å²) >= 11 is 0. The lowest BCUT2D eigenvalue weighted by Crippen LogP contribution is -2.11. The molecule has 0 aliphatic rings. The van der Waals surface area contributed by atoms with E-state index in [4.69, 9.17) is 0 Å². The van der Waals surface area contributed by atoms with Gasteiger partial charge in [0.05, 0.1) is 7.11 Å². The van der Waals surface area contributed by atoms with Gasteiger partial charge in [0.1, 0.15) is 6.29 Å². The third kappa shape index (κ3) is 7.25. The zero-order valence-corrected chi connectivity index (χ0v) is 12.3. The van der Waals surface area contributed by atoms with Gasteiger partial charge in [-0.3, -0.25) is 14.4 Å². The molecule has 114 valence electrons. The summed E-state index contributed by atoms with van der Waals surface area (Å²) in [6.45, 7) is 0. The molecule has 0 spiro atoms. The number of hydrogen-bond donors (Lipinski definition) is 1. The van der Waals surface area contributed by atoms with E-state index in [2.05, 4.69) is 10.1 Å². The van der Waals surface area contributed by atoms with Gasteiger partial charge in [-0.1, -0.05) is 12.8 Å². The third-order valence-electron chi connectivity index (χ3n) is 3.09. The Morgan fingerprint density at radius 3 is 2.24 bits per heavy atom. The maximum absolute atomic E-state index is 11.7. The number of hydrogen-bond acceptors (Lipinski definition) is 4. The molecule has 21 heavy (non-hydrogen) atoms. The van der Waals surface area contributed by atoms with Crippen molar-refractivity contribution in [3.8, 4) is 0 Å². The van der Waals surface area contributed by atoms with Crippen molar-refractivity contribution in [1.29, 1.82) is 0 Å². The van der Waals surface area contributed by atoms with Crippen LogP contribution in [0.1, 0.15) is 48.9 Å². The van der Waals surface area contributed by atoms with Crippen LogP contribution in [0, 0.1) is 0 Å². The van der Waals surface area contributed by atoms with Crippen LogP contribution in [0.4, 0.5) is 5.69 Å². The lowest BCUT2D eigenvalue weighted by atomic mass is 10.1. The van der Waals surface area contributed by atoms with Crippen molar-refractivity contribution in [2.75, 3.05) is 12.4 Å². The Morgan fingerprint density at radius 1 is 1.05 bits per heavy atom. The van der Waals surface area contributed by atoms with Crippen LogP contribution in [-0.2, 0) is 14.3 Å². The van der Waals surface area contributed by atoms with Crippen molar-refractivity contribution in [3.63, 3.8) is 0 Å². The van der Waals surface area contributed by atoms with Crippen LogP contribution in [0.3, 0.4) is 0 Å². The fourth-order valence-corrected chi connectivity index (χ4v) is 1.88. The molecule has 0 saturated carbocycles. The first-order valence-electron chi connectivity index (χ1n) is 7.07. The molecule has 1 amide bonds. The molecule has 5 nitrogen and oxygen atoms in total. The summed E-state index contributed by atoms with van der Waals surface area (Å²) in [6.07, 6.45) is 5.06. The zero-order valence-electron chi connectivity index (χ0n) is 12.3. The van der Waals surface area contributed by atoms with E-state index in [-0.39, 0.29) is 11.9 Å². The van der Waals surface area contributed by atoms with Crippen molar-refractivity contribution in [2.24, 2.45) is 0 Å². The Bertz CT molecular complexity index is 468. The molecule has 0 atom stereocenters. The molecule has 1 aromatic carbocycles. The molecule has 0 saturated heterocycles. The van der Waals surface area contributed by atoms with Crippen molar-refractivity contribution >= 4 is 23.9 Å². The summed E-state index contributed by atoms with van der Waals surface area (Å²) in [4.78, 5) is 33.1. The summed E-state index contributed by atoms with van der Waals surface area (Å²) in [7, 11) is 1.38. The number of nitrogens with one attached hydrogen (secondary N) is 1. The molecule has 0 aromatic heterocycles. The van der Waals surface area contributed by atoms with Crippen molar-refractivity contribution in [3.05, 3.63) is 29.8 Å². The van der Waals surface area contributed by atoms with Gasteiger partial charge in [-0.2, -0.15) is 0 Å². The van der Waals surface area contributed by atoms with E-state index in [1.807, 2.05) is 0 Å². The molecule has 0 fully saturated rings. The zero-order chi connectivity index (χ0) is 15.5. The predicted molar refractivity (Wildman–Crippen MR) is 80.2 cm³/mol. The average Bonchev–Trinajstić information content (AvgIpc) is 2.51. The van der Waals surface area contributed by atoms with E-state index in [9.17, 15) is 14.4 Å². The van der Waals surface area contributed by atoms with E-state index in [0.717, 1.165) is 32.0 Å². The van der Waals surface area contributed by atoms with Crippen LogP contribution >= 0.6 is 0 Å². The lowest BCUT2D eigenvalue weighted by Gasteiger charge is -2.05. The van der Waals surface area contributed by atoms with Gasteiger partial charge in [0.25, 0.3) is 0 Å². The van der Waals surface area contributed by atoms with Gasteiger partial charge >= 0.3 is 5.97 Å². The number of methoxy groups -OCH3 is 1. The van der Waals surface area contributed by atoms with Gasteiger partial charge in [0, 0.05) is 24.1 Å². The van der Waals surface area contributed by atoms with Crippen molar-refractivity contribution in [1.82, 2.24) is 0 Å². The second kappa shape index (κ2) is 9.69. The molecule has 0 aliphatic carbocycles. The van der Waals surface area contributed by atoms with Gasteiger partial charge in [-0.15, -0.1) is 0 Å². The number of carbonyl (C=O) groups excluding carboxylic acids is 3. The van der Waals surface area contributed by atoms with Crippen LogP contribution in [0.5, 0.6) is 0 Å². The van der Waals surface area contributed by atoms with E-state index in [0.29, 0.717) is 24.1 Å². The second-order valence-electron chi connectivity index (χ2n) is 4.78. The molecule has 1 N–H and O–H groups in total. The van der Waals surface area contributed by atoms with E-state index in [1.54, 1.807) is 24.3 Å². The summed E-state index contributed by atoms with van der Waals surface area (Å²) in [5.74, 6) is -0.228. The SMILES string of the molecule is COC(=O)CCCCCCC(=O)Nc1ccc(C=O)cc1. The number of carbonyl (C=O) groups is 3. The molecule has 0 bridgehead atoms. The first kappa shape index (κ1) is 16.9. The van der Waals surface area contributed by atoms with E-state index < -0.39 is 0 Å². The molecule has 1 aromatic rings. The average molecular weight is 291 g/mol. The number of ether oxygens (including phenoxy) is 1. The third-order valence-corrected chi connectivity index (χ3v) is 3.09. The Labute approximate surface area is 124 Å². The van der Waals surface area contributed by atoms with Crippen LogP contribution in [0.15, 0.2) is 24.3 Å². The van der Waals surface area contributed by atoms with E-state index in [1.165, 1.54) is 7.11 Å². The predicted octanol–water partition coefficient (Wildman–Crippen LogP) is 2.95. The summed E-state index contributed by atoms with van der Waals surface area (Å²) in [5.41, 5.74) is 1.27. The highest BCUT2D eigenvalue weighted by Gasteiger charge is 2.03. The van der Waals surface area contributed by atoms with Gasteiger partial charge in [0.15, 0.2) is 0 Å². The molecule has 0 unspecified atom stereocenters. The van der Waals surface area contributed by atoms with Crippen molar-refractivity contribution < 1.29 is 19.1 Å². The fraction of sp³-hybridized carbons (Fsp3) is 0.438. The molecular formula is C16H21NO4. The maximum Gasteiger partial charge on any atom is 0.305 e. The summed E-state index contributed by atoms with van der Waals surface area (Å²) in [5, 5.41) is 2.78. The number of unbranched alkanes of at least 4 members (excludes halogenated alkanes) is 3. The quantitative estimate of drug-likeness (QED) is 0.431. The normalized spacial score (nSPS) is 9.95. The number of anilines is 1. The molecule has 5 heteroatoms. The van der Waals surface area contributed by atoms with Gasteiger partial charge < -0.3 is 10.1 Å². The van der Waals surface area contributed by atoms with Gasteiger partial charge in [-0.05, 0) is 37.1 Å². The standard InChI is InChI=1S/C16H21NO4/c1-21-16(20)7-5-3-2-4-6-15(19)17-14-10-8-13(12-18)9-11-14/h8-12H,2-7H2,1H3,(H,17,19). The fourth-order valence-electron chi connectivity index (χ4n) is 1.88. The van der Waals surface area contributed by atoms with Crippen LogP contribution < -0.4 is 5.32 Å². The minimum atomic E-state index is -0.188. The summed E-state index contributed by atoms with van der Waals surface area (Å²) in [6, 6.07) is 6.74. The van der Waals surface area contributed by atoms with Crippen LogP contribution in [-0.4, -0.2) is 25.3 Å². The maximum atomic E-state index is 11.7. The number of benzene rings is 1. The Morgan fingerprint density at radius 2 is 1.67 bits per heavy atom. The second-order valence-corrected chi connectivity index (χ2v) is 4.78. The molecule has 0 heterocycles. The monoisotopic (exact) mass is 291 g/mol. The Hall–Kier alpha value is -2.17. The highest BCUT2D eigenvalue weighted by Crippen LogP contribution is 2.10. The first-order chi connectivity index (χ1) is 10.2. The molecule has 1 rings (SSSR count). The van der Waals surface area contributed by atoms with E-state index >= 15 is 0 Å². The largest absolute Gasteiger partial charge is 0.469 e.